The van der Waals surface area contributed by atoms with Crippen molar-refractivity contribution in [3.63, 3.8) is 0 Å². The summed E-state index contributed by atoms with van der Waals surface area (Å²) in [6, 6.07) is 4.77. The van der Waals surface area contributed by atoms with E-state index in [0.717, 1.165) is 0 Å². The molecule has 0 heterocycles. The minimum absolute atomic E-state index is 0.113. The van der Waals surface area contributed by atoms with Gasteiger partial charge in [-0.05, 0) is 38.5 Å². The zero-order valence-electron chi connectivity index (χ0n) is 12.6. The molecule has 0 aliphatic carbocycles. The van der Waals surface area contributed by atoms with Crippen molar-refractivity contribution in [2.75, 3.05) is 13.7 Å². The van der Waals surface area contributed by atoms with Gasteiger partial charge < -0.3 is 19.3 Å². The summed E-state index contributed by atoms with van der Waals surface area (Å²) in [6.07, 6.45) is -0.113. The molecule has 1 N–H and O–H groups in total. The highest BCUT2D eigenvalue weighted by Crippen LogP contribution is 2.31. The average molecular weight is 296 g/mol. The Bertz CT molecular complexity index is 521. The van der Waals surface area contributed by atoms with E-state index in [1.165, 1.54) is 7.11 Å². The minimum atomic E-state index is -1.17. The molecule has 0 aromatic heterocycles. The van der Waals surface area contributed by atoms with Crippen LogP contribution in [0.15, 0.2) is 18.2 Å². The number of carboxylic acid groups (broad SMARTS) is 1. The lowest BCUT2D eigenvalue weighted by atomic mass is 10.1. The van der Waals surface area contributed by atoms with E-state index in [9.17, 15) is 9.59 Å². The SMILES string of the molecule is CCOC(=O)C(C)(C)Oc1ccc(CC(=O)O)cc1OC. The monoisotopic (exact) mass is 296 g/mol. The van der Waals surface area contributed by atoms with Crippen LogP contribution < -0.4 is 9.47 Å². The Morgan fingerprint density at radius 2 is 1.90 bits per heavy atom. The second-order valence-electron chi connectivity index (χ2n) is 4.89. The van der Waals surface area contributed by atoms with Crippen LogP contribution in [0.5, 0.6) is 11.5 Å². The van der Waals surface area contributed by atoms with Gasteiger partial charge >= 0.3 is 11.9 Å². The number of hydrogen-bond acceptors (Lipinski definition) is 5. The lowest BCUT2D eigenvalue weighted by Crippen LogP contribution is -2.39. The van der Waals surface area contributed by atoms with E-state index >= 15 is 0 Å². The van der Waals surface area contributed by atoms with Crippen molar-refractivity contribution in [3.8, 4) is 11.5 Å². The summed E-state index contributed by atoms with van der Waals surface area (Å²) >= 11 is 0. The van der Waals surface area contributed by atoms with Crippen LogP contribution in [0.4, 0.5) is 0 Å². The largest absolute Gasteiger partial charge is 0.493 e. The molecular formula is C15H20O6. The van der Waals surface area contributed by atoms with Crippen molar-refractivity contribution in [1.82, 2.24) is 0 Å². The third-order valence-electron chi connectivity index (χ3n) is 2.72. The van der Waals surface area contributed by atoms with Crippen molar-refractivity contribution >= 4 is 11.9 Å². The maximum Gasteiger partial charge on any atom is 0.349 e. The van der Waals surface area contributed by atoms with Gasteiger partial charge in [-0.3, -0.25) is 4.79 Å². The highest BCUT2D eigenvalue weighted by Gasteiger charge is 2.32. The number of carboxylic acids is 1. The Morgan fingerprint density at radius 1 is 1.24 bits per heavy atom. The van der Waals surface area contributed by atoms with Crippen LogP contribution >= 0.6 is 0 Å². The molecule has 0 spiro atoms. The van der Waals surface area contributed by atoms with Crippen LogP contribution in [0.3, 0.4) is 0 Å². The molecule has 0 atom stereocenters. The Kier molecular flexibility index (Phi) is 5.58. The first-order valence-corrected chi connectivity index (χ1v) is 6.55. The predicted molar refractivity (Wildman–Crippen MR) is 75.7 cm³/mol. The molecule has 1 aromatic carbocycles. The standard InChI is InChI=1S/C15H20O6/c1-5-20-14(18)15(2,3)21-11-7-6-10(9-13(16)17)8-12(11)19-4/h6-8H,5,9H2,1-4H3,(H,16,17). The molecule has 0 aliphatic heterocycles. The van der Waals surface area contributed by atoms with Gasteiger partial charge in [0.25, 0.3) is 0 Å². The third kappa shape index (κ3) is 4.66. The van der Waals surface area contributed by atoms with Gasteiger partial charge in [-0.15, -0.1) is 0 Å². The molecule has 0 bridgehead atoms. The smallest absolute Gasteiger partial charge is 0.349 e. The number of hydrogen-bond donors (Lipinski definition) is 1. The normalized spacial score (nSPS) is 10.9. The zero-order chi connectivity index (χ0) is 16.0. The topological polar surface area (TPSA) is 82.1 Å². The average Bonchev–Trinajstić information content (AvgIpc) is 2.39. The number of carbonyl (C=O) groups is 2. The van der Waals surface area contributed by atoms with Crippen LogP contribution in [0, 0.1) is 0 Å². The highest BCUT2D eigenvalue weighted by atomic mass is 16.6. The third-order valence-corrected chi connectivity index (χ3v) is 2.72. The lowest BCUT2D eigenvalue weighted by molar-refractivity contribution is -0.158. The van der Waals surface area contributed by atoms with Crippen LogP contribution in [-0.2, 0) is 20.7 Å². The predicted octanol–water partition coefficient (Wildman–Crippen LogP) is 2.04. The van der Waals surface area contributed by atoms with Crippen LogP contribution in [-0.4, -0.2) is 36.4 Å². The van der Waals surface area contributed by atoms with E-state index in [1.54, 1.807) is 39.0 Å². The molecule has 6 nitrogen and oxygen atoms in total. The summed E-state index contributed by atoms with van der Waals surface area (Å²) in [7, 11) is 1.45. The molecule has 0 saturated carbocycles. The van der Waals surface area contributed by atoms with Gasteiger partial charge in [0.15, 0.2) is 17.1 Å². The molecule has 116 valence electrons. The van der Waals surface area contributed by atoms with Crippen molar-refractivity contribution in [3.05, 3.63) is 23.8 Å². The highest BCUT2D eigenvalue weighted by molar-refractivity contribution is 5.79. The van der Waals surface area contributed by atoms with Crippen molar-refractivity contribution in [2.24, 2.45) is 0 Å². The maximum atomic E-state index is 11.8. The fourth-order valence-electron chi connectivity index (χ4n) is 1.70. The molecule has 0 saturated heterocycles. The van der Waals surface area contributed by atoms with E-state index in [-0.39, 0.29) is 13.0 Å². The fraction of sp³-hybridized carbons (Fsp3) is 0.467. The van der Waals surface area contributed by atoms with Gasteiger partial charge in [0.2, 0.25) is 0 Å². The maximum absolute atomic E-state index is 11.8. The summed E-state index contributed by atoms with van der Waals surface area (Å²) in [4.78, 5) is 22.5. The van der Waals surface area contributed by atoms with Gasteiger partial charge in [0.05, 0.1) is 20.1 Å². The summed E-state index contributed by atoms with van der Waals surface area (Å²) in [6.45, 7) is 5.17. The number of ether oxygens (including phenoxy) is 3. The summed E-state index contributed by atoms with van der Waals surface area (Å²) in [5.74, 6) is -0.699. The molecule has 1 aromatic rings. The molecule has 0 fully saturated rings. The number of methoxy groups -OCH3 is 1. The van der Waals surface area contributed by atoms with Crippen molar-refractivity contribution < 1.29 is 28.9 Å². The second-order valence-corrected chi connectivity index (χ2v) is 4.89. The van der Waals surface area contributed by atoms with Gasteiger partial charge in [0.1, 0.15) is 0 Å². The van der Waals surface area contributed by atoms with Crippen molar-refractivity contribution in [2.45, 2.75) is 32.8 Å². The van der Waals surface area contributed by atoms with E-state index in [2.05, 4.69) is 0 Å². The summed E-state index contributed by atoms with van der Waals surface area (Å²) in [5.41, 5.74) is -0.585. The molecule has 1 rings (SSSR count). The Morgan fingerprint density at radius 3 is 2.43 bits per heavy atom. The zero-order valence-corrected chi connectivity index (χ0v) is 12.6. The lowest BCUT2D eigenvalue weighted by Gasteiger charge is -2.25. The van der Waals surface area contributed by atoms with Crippen LogP contribution in [0.1, 0.15) is 26.3 Å². The molecule has 0 aliphatic rings. The van der Waals surface area contributed by atoms with Crippen LogP contribution in [0.25, 0.3) is 0 Å². The van der Waals surface area contributed by atoms with Gasteiger partial charge in [0, 0.05) is 0 Å². The van der Waals surface area contributed by atoms with Gasteiger partial charge in [-0.2, -0.15) is 0 Å². The molecule has 21 heavy (non-hydrogen) atoms. The van der Waals surface area contributed by atoms with Crippen molar-refractivity contribution in [1.29, 1.82) is 0 Å². The molecule has 6 heteroatoms. The first-order valence-electron chi connectivity index (χ1n) is 6.55. The number of benzene rings is 1. The Labute approximate surface area is 123 Å². The molecule has 0 amide bonds. The second kappa shape index (κ2) is 6.97. The van der Waals surface area contributed by atoms with Gasteiger partial charge in [-0.25, -0.2) is 4.79 Å². The Balaban J connectivity index is 2.97. The quantitative estimate of drug-likeness (QED) is 0.775. The van der Waals surface area contributed by atoms with Crippen LogP contribution in [0.2, 0.25) is 0 Å². The number of esters is 1. The van der Waals surface area contributed by atoms with Gasteiger partial charge in [-0.1, -0.05) is 6.07 Å². The van der Waals surface area contributed by atoms with E-state index < -0.39 is 17.5 Å². The summed E-state index contributed by atoms with van der Waals surface area (Å²) < 4.78 is 15.8. The van der Waals surface area contributed by atoms with E-state index in [4.69, 9.17) is 19.3 Å². The first kappa shape index (κ1) is 16.8. The summed E-state index contributed by atoms with van der Waals surface area (Å²) in [5, 5.41) is 8.78. The molecule has 0 unspecified atom stereocenters. The van der Waals surface area contributed by atoms with E-state index in [0.29, 0.717) is 17.1 Å². The fourth-order valence-corrected chi connectivity index (χ4v) is 1.70. The first-order chi connectivity index (χ1) is 9.80. The number of carbonyl (C=O) groups excluding carboxylic acids is 1. The molecule has 0 radical (unpaired) electrons. The minimum Gasteiger partial charge on any atom is -0.493 e. The Hall–Kier alpha value is -2.24. The van der Waals surface area contributed by atoms with E-state index in [1.807, 2.05) is 0 Å². The molecular weight excluding hydrogens is 276 g/mol. The number of aliphatic carboxylic acids is 1. The number of rotatable bonds is 7.